The molecule has 0 bridgehead atoms. The molecule has 1 N–H and O–H groups in total. The standard InChI is InChI=1S/C31H32FN3O4S2/c1-29-14-17-16-34-35(20-6-4-19(32)5-7-20)23(17)13-18(29)3-8-21-22-9-10-31(28(38)40,30(22,2)15-24(36)25(21)29)39-27(37)26-33-11-12-41-26/h4-7,11-13,16,21-22,24-25,36H,3,8-10,14-15H2,1-2H3,(H,38,40)/t21-,22-,24-,25+,29-,30-,31-/m0/s1. The molecule has 7 atom stereocenters. The number of thiazole rings is 1. The fourth-order valence-corrected chi connectivity index (χ4v) is 9.97. The van der Waals surface area contributed by atoms with Crippen LogP contribution in [0.4, 0.5) is 4.39 Å². The molecule has 0 amide bonds. The quantitative estimate of drug-likeness (QED) is 0.299. The van der Waals surface area contributed by atoms with Gasteiger partial charge in [0.15, 0.2) is 5.60 Å². The maximum absolute atomic E-state index is 13.6. The minimum Gasteiger partial charge on any atom is -0.444 e. The molecule has 4 aliphatic rings. The topological polar surface area (TPSA) is 94.3 Å². The van der Waals surface area contributed by atoms with Crippen molar-refractivity contribution in [1.82, 2.24) is 14.8 Å². The molecule has 2 aromatic heterocycles. The molecule has 7 nitrogen and oxygen atoms in total. The lowest BCUT2D eigenvalue weighted by atomic mass is 9.45. The Kier molecular flexibility index (Phi) is 6.16. The Balaban J connectivity index is 1.22. The molecule has 3 fully saturated rings. The van der Waals surface area contributed by atoms with Crippen molar-refractivity contribution in [3.63, 3.8) is 0 Å². The summed E-state index contributed by atoms with van der Waals surface area (Å²) in [5, 5.41) is 18.0. The van der Waals surface area contributed by atoms with E-state index < -0.39 is 28.2 Å². The van der Waals surface area contributed by atoms with Gasteiger partial charge in [-0.15, -0.1) is 24.0 Å². The molecule has 0 aliphatic heterocycles. The van der Waals surface area contributed by atoms with E-state index in [-0.39, 0.29) is 34.0 Å². The van der Waals surface area contributed by atoms with Crippen LogP contribution in [-0.2, 0) is 16.0 Å². The number of aliphatic hydroxyl groups is 1. The molecule has 0 unspecified atom stereocenters. The summed E-state index contributed by atoms with van der Waals surface area (Å²) in [5.74, 6) is -0.653. The molecule has 3 saturated carbocycles. The van der Waals surface area contributed by atoms with E-state index in [0.29, 0.717) is 12.8 Å². The van der Waals surface area contributed by atoms with Crippen molar-refractivity contribution in [2.24, 2.45) is 28.6 Å². The summed E-state index contributed by atoms with van der Waals surface area (Å²) in [6, 6.07) is 6.34. The Morgan fingerprint density at radius 3 is 2.71 bits per heavy atom. The average molecular weight is 594 g/mol. The molecule has 214 valence electrons. The first-order chi connectivity index (χ1) is 19.6. The van der Waals surface area contributed by atoms with Crippen molar-refractivity contribution in [2.75, 3.05) is 0 Å². The zero-order chi connectivity index (χ0) is 28.7. The van der Waals surface area contributed by atoms with E-state index >= 15 is 0 Å². The normalized spacial score (nSPS) is 35.5. The van der Waals surface area contributed by atoms with E-state index in [1.54, 1.807) is 17.5 Å². The van der Waals surface area contributed by atoms with Crippen molar-refractivity contribution in [1.29, 1.82) is 0 Å². The number of carbonyl (C=O) groups is 2. The first-order valence-corrected chi connectivity index (χ1v) is 15.5. The summed E-state index contributed by atoms with van der Waals surface area (Å²) in [6.07, 6.45) is 8.91. The Hall–Kier alpha value is -2.82. The van der Waals surface area contributed by atoms with Crippen molar-refractivity contribution in [3.05, 3.63) is 69.7 Å². The third kappa shape index (κ3) is 3.79. The predicted molar refractivity (Wildman–Crippen MR) is 155 cm³/mol. The molecule has 3 aromatic rings. The Morgan fingerprint density at radius 2 is 2.00 bits per heavy atom. The number of thiol groups is 1. The summed E-state index contributed by atoms with van der Waals surface area (Å²) in [4.78, 5) is 30.4. The highest BCUT2D eigenvalue weighted by molar-refractivity contribution is 7.96. The lowest BCUT2D eigenvalue weighted by molar-refractivity contribution is -0.174. The minimum atomic E-state index is -1.41. The molecular formula is C31H32FN3O4S2. The van der Waals surface area contributed by atoms with Gasteiger partial charge in [0.2, 0.25) is 10.1 Å². The van der Waals surface area contributed by atoms with Crippen LogP contribution in [0.15, 0.2) is 47.6 Å². The zero-order valence-electron chi connectivity index (χ0n) is 22.9. The summed E-state index contributed by atoms with van der Waals surface area (Å²) in [5.41, 5.74) is 1.77. The number of allylic oxidation sites excluding steroid dienone is 1. The number of esters is 1. The van der Waals surface area contributed by atoms with Crippen molar-refractivity contribution in [2.45, 2.75) is 64.1 Å². The number of hydrogen-bond acceptors (Lipinski definition) is 7. The van der Waals surface area contributed by atoms with Gasteiger partial charge < -0.3 is 9.84 Å². The fraction of sp³-hybridized carbons (Fsp3) is 0.484. The van der Waals surface area contributed by atoms with Gasteiger partial charge >= 0.3 is 5.97 Å². The predicted octanol–water partition coefficient (Wildman–Crippen LogP) is 5.67. The Labute approximate surface area is 247 Å². The highest BCUT2D eigenvalue weighted by Gasteiger charge is 2.70. The highest BCUT2D eigenvalue weighted by atomic mass is 32.1. The first kappa shape index (κ1) is 27.0. The second-order valence-electron chi connectivity index (χ2n) is 12.6. The average Bonchev–Trinajstić information content (AvgIpc) is 3.66. The number of carbonyl (C=O) groups excluding carboxylic acids is 2. The smallest absolute Gasteiger partial charge is 0.368 e. The SMILES string of the molecule is C[C@]12Cc3cnn(-c4ccc(F)cc4)c3C=C1CC[C@@H]1[C@@H]2[C@@H](O)C[C@@]2(C)[C@H]1CC[C@]2(OC(=O)c1nccs1)C(=O)S. The van der Waals surface area contributed by atoms with E-state index in [1.807, 2.05) is 17.8 Å². The van der Waals surface area contributed by atoms with Crippen LogP contribution in [0.3, 0.4) is 0 Å². The van der Waals surface area contributed by atoms with Crippen LogP contribution in [0.25, 0.3) is 11.8 Å². The molecule has 0 spiro atoms. The van der Waals surface area contributed by atoms with Gasteiger partial charge in [-0.25, -0.2) is 18.9 Å². The van der Waals surface area contributed by atoms with Gasteiger partial charge in [0, 0.05) is 17.0 Å². The van der Waals surface area contributed by atoms with Gasteiger partial charge in [-0.3, -0.25) is 4.79 Å². The number of rotatable bonds is 4. The molecule has 0 radical (unpaired) electrons. The maximum atomic E-state index is 13.6. The van der Waals surface area contributed by atoms with Gasteiger partial charge in [-0.2, -0.15) is 5.10 Å². The van der Waals surface area contributed by atoms with E-state index in [9.17, 15) is 19.1 Å². The number of halogens is 1. The van der Waals surface area contributed by atoms with Crippen LogP contribution in [0, 0.1) is 34.4 Å². The minimum absolute atomic E-state index is 0.0108. The van der Waals surface area contributed by atoms with Crippen LogP contribution in [0.1, 0.15) is 67.0 Å². The Morgan fingerprint density at radius 1 is 1.22 bits per heavy atom. The monoisotopic (exact) mass is 593 g/mol. The largest absolute Gasteiger partial charge is 0.444 e. The van der Waals surface area contributed by atoms with Crippen molar-refractivity contribution >= 4 is 41.1 Å². The second kappa shape index (κ2) is 9.34. The second-order valence-corrected chi connectivity index (χ2v) is 13.9. The molecule has 2 heterocycles. The molecule has 1 aromatic carbocycles. The van der Waals surface area contributed by atoms with Gasteiger partial charge in [-0.1, -0.05) is 19.4 Å². The number of nitrogens with zero attached hydrogens (tertiary/aromatic N) is 3. The molecule has 7 rings (SSSR count). The third-order valence-corrected chi connectivity index (χ3v) is 12.0. The van der Waals surface area contributed by atoms with E-state index in [4.69, 9.17) is 4.74 Å². The molecule has 10 heteroatoms. The zero-order valence-corrected chi connectivity index (χ0v) is 24.6. The van der Waals surface area contributed by atoms with E-state index in [1.165, 1.54) is 35.2 Å². The van der Waals surface area contributed by atoms with Crippen LogP contribution in [0.5, 0.6) is 0 Å². The molecule has 4 aliphatic carbocycles. The number of benzene rings is 1. The van der Waals surface area contributed by atoms with Crippen LogP contribution in [0.2, 0.25) is 0 Å². The fourth-order valence-electron chi connectivity index (χ4n) is 9.05. The van der Waals surface area contributed by atoms with Crippen LogP contribution >= 0.6 is 24.0 Å². The van der Waals surface area contributed by atoms with E-state index in [0.717, 1.165) is 42.6 Å². The highest BCUT2D eigenvalue weighted by Crippen LogP contribution is 2.68. The molecular weight excluding hydrogens is 561 g/mol. The number of aromatic nitrogens is 3. The lowest BCUT2D eigenvalue weighted by Gasteiger charge is -2.60. The van der Waals surface area contributed by atoms with Crippen molar-refractivity contribution < 1.29 is 23.8 Å². The van der Waals surface area contributed by atoms with Gasteiger partial charge in [0.25, 0.3) is 0 Å². The summed E-state index contributed by atoms with van der Waals surface area (Å²) < 4.78 is 21.5. The van der Waals surface area contributed by atoms with Gasteiger partial charge in [-0.05, 0) is 97.6 Å². The number of hydrogen-bond donors (Lipinski definition) is 2. The molecule has 0 saturated heterocycles. The van der Waals surface area contributed by atoms with Gasteiger partial charge in [0.1, 0.15) is 5.82 Å². The number of ether oxygens (including phenoxy) is 1. The van der Waals surface area contributed by atoms with Crippen molar-refractivity contribution in [3.8, 4) is 5.69 Å². The number of aliphatic hydroxyl groups excluding tert-OH is 1. The number of fused-ring (bicyclic) bond motifs is 6. The Bertz CT molecular complexity index is 1570. The summed E-state index contributed by atoms with van der Waals surface area (Å²) in [7, 11) is 0. The molecule has 41 heavy (non-hydrogen) atoms. The maximum Gasteiger partial charge on any atom is 0.368 e. The van der Waals surface area contributed by atoms with E-state index in [2.05, 4.69) is 35.7 Å². The first-order valence-electron chi connectivity index (χ1n) is 14.2. The van der Waals surface area contributed by atoms with Crippen LogP contribution < -0.4 is 0 Å². The third-order valence-electron chi connectivity index (χ3n) is 10.8. The summed E-state index contributed by atoms with van der Waals surface area (Å²) >= 11 is 5.45. The van der Waals surface area contributed by atoms with Crippen LogP contribution in [-0.4, -0.2) is 42.7 Å². The van der Waals surface area contributed by atoms with Gasteiger partial charge in [0.05, 0.1) is 23.7 Å². The lowest BCUT2D eigenvalue weighted by Crippen LogP contribution is -2.62. The summed E-state index contributed by atoms with van der Waals surface area (Å²) in [6.45, 7) is 4.26.